The van der Waals surface area contributed by atoms with Crippen molar-refractivity contribution in [3.05, 3.63) is 75.3 Å². The molecule has 73 heavy (non-hydrogen) atoms. The average Bonchev–Trinajstić information content (AvgIpc) is 3.30. The summed E-state index contributed by atoms with van der Waals surface area (Å²) in [5, 5.41) is 6.47. The number of hydrogen-bond acceptors (Lipinski definition) is 12. The molecule has 3 aliphatic heterocycles. The zero-order valence-electron chi connectivity index (χ0n) is 44.1. The van der Waals surface area contributed by atoms with Crippen LogP contribution in [0.1, 0.15) is 103 Å². The number of piperazine rings is 3. The topological polar surface area (TPSA) is 132 Å². The lowest BCUT2D eigenvalue weighted by molar-refractivity contribution is -0.138. The number of hydrogen-bond donors (Lipinski definition) is 2. The second kappa shape index (κ2) is 28.7. The van der Waals surface area contributed by atoms with Crippen LogP contribution >= 0.6 is 11.6 Å². The highest BCUT2D eigenvalue weighted by Crippen LogP contribution is 2.33. The quantitative estimate of drug-likeness (QED) is 0.186. The highest BCUT2D eigenvalue weighted by Gasteiger charge is 2.34. The van der Waals surface area contributed by atoms with Gasteiger partial charge >= 0.3 is 30.7 Å². The molecular weight excluding hydrogens is 999 g/mol. The summed E-state index contributed by atoms with van der Waals surface area (Å²) in [6.45, 7) is 34.2. The zero-order valence-corrected chi connectivity index (χ0v) is 44.8. The van der Waals surface area contributed by atoms with Crippen molar-refractivity contribution in [2.24, 2.45) is 0 Å². The number of halogens is 10. The molecule has 3 saturated heterocycles. The molecule has 6 heterocycles. The van der Waals surface area contributed by atoms with Crippen molar-refractivity contribution >= 4 is 35.4 Å². The van der Waals surface area contributed by atoms with Crippen LogP contribution in [0.5, 0.6) is 0 Å². The van der Waals surface area contributed by atoms with Crippen LogP contribution in [0, 0.1) is 20.8 Å². The normalized spacial score (nSPS) is 15.6. The third-order valence-electron chi connectivity index (χ3n) is 10.9. The van der Waals surface area contributed by atoms with Crippen molar-refractivity contribution < 1.29 is 65.7 Å². The van der Waals surface area contributed by atoms with Crippen molar-refractivity contribution in [3.8, 4) is 0 Å². The van der Waals surface area contributed by atoms with Crippen molar-refractivity contribution in [1.29, 1.82) is 0 Å². The van der Waals surface area contributed by atoms with Gasteiger partial charge in [0.15, 0.2) is 0 Å². The van der Waals surface area contributed by atoms with E-state index >= 15 is 0 Å². The van der Waals surface area contributed by atoms with Gasteiger partial charge in [0.25, 0.3) is 0 Å². The average molecular weight is 1080 g/mol. The van der Waals surface area contributed by atoms with Gasteiger partial charge in [-0.05, 0) is 117 Å². The van der Waals surface area contributed by atoms with Gasteiger partial charge in [-0.15, -0.1) is 0 Å². The summed E-state index contributed by atoms with van der Waals surface area (Å²) in [5.41, 5.74) is -1.79. The molecule has 3 fully saturated rings. The number of anilines is 2. The van der Waals surface area contributed by atoms with Crippen molar-refractivity contribution in [1.82, 2.24) is 40.3 Å². The molecule has 3 aliphatic rings. The molecular formula is C49H84ClF9N10O4. The van der Waals surface area contributed by atoms with Gasteiger partial charge in [0.2, 0.25) is 0 Å². The third kappa shape index (κ3) is 23.5. The second-order valence-corrected chi connectivity index (χ2v) is 19.4. The number of aromatic nitrogens is 3. The predicted octanol–water partition coefficient (Wildman–Crippen LogP) is 11.8. The number of alkyl halides is 9. The Morgan fingerprint density at radius 1 is 0.548 bits per heavy atom. The molecule has 0 aliphatic carbocycles. The van der Waals surface area contributed by atoms with E-state index in [2.05, 4.69) is 51.3 Å². The maximum Gasteiger partial charge on any atom is 0.417 e. The van der Waals surface area contributed by atoms with E-state index in [0.717, 1.165) is 89.1 Å². The fourth-order valence-electron chi connectivity index (χ4n) is 6.97. The molecule has 14 nitrogen and oxygen atoms in total. The Morgan fingerprint density at radius 3 is 1.16 bits per heavy atom. The van der Waals surface area contributed by atoms with E-state index in [0.29, 0.717) is 54.5 Å². The van der Waals surface area contributed by atoms with Crippen LogP contribution in [0.15, 0.2) is 36.8 Å². The Labute approximate surface area is 436 Å². The lowest BCUT2D eigenvalue weighted by Crippen LogP contribution is -2.50. The fraction of sp³-hybridized carbons (Fsp3) is 0.653. The van der Waals surface area contributed by atoms with E-state index in [-0.39, 0.29) is 30.1 Å². The third-order valence-corrected chi connectivity index (χ3v) is 11.3. The zero-order chi connectivity index (χ0) is 55.5. The van der Waals surface area contributed by atoms with Gasteiger partial charge in [-0.1, -0.05) is 32.4 Å². The summed E-state index contributed by atoms with van der Waals surface area (Å²) in [5.74, 6) is 1.17. The maximum atomic E-state index is 12.7. The first-order valence-corrected chi connectivity index (χ1v) is 24.4. The molecule has 0 saturated carbocycles. The summed E-state index contributed by atoms with van der Waals surface area (Å²) < 4.78 is 122. The smallest absolute Gasteiger partial charge is 0.417 e. The van der Waals surface area contributed by atoms with Crippen molar-refractivity contribution in [2.75, 3.05) is 108 Å². The molecule has 0 radical (unpaired) electrons. The van der Waals surface area contributed by atoms with Crippen LogP contribution < -0.4 is 20.4 Å². The molecule has 0 unspecified atom stereocenters. The number of ether oxygens (including phenoxy) is 2. The van der Waals surface area contributed by atoms with Gasteiger partial charge in [-0.25, -0.2) is 24.5 Å². The molecule has 2 amide bonds. The Balaban J connectivity index is -0.000000453. The number of pyridine rings is 3. The fourth-order valence-corrected chi connectivity index (χ4v) is 7.07. The Hall–Kier alpha value is -4.87. The van der Waals surface area contributed by atoms with Gasteiger partial charge in [-0.3, -0.25) is 0 Å². The van der Waals surface area contributed by atoms with Gasteiger partial charge in [0.05, 0.1) is 16.7 Å². The van der Waals surface area contributed by atoms with E-state index < -0.39 is 40.8 Å². The Bertz CT molecular complexity index is 2170. The number of carbonyl (C=O) groups excluding carboxylic acids is 2. The first kappa shape index (κ1) is 64.2. The van der Waals surface area contributed by atoms with Crippen LogP contribution in [0.2, 0.25) is 5.15 Å². The largest absolute Gasteiger partial charge is 0.444 e. The van der Waals surface area contributed by atoms with Gasteiger partial charge in [0.1, 0.15) is 28.0 Å². The minimum atomic E-state index is -4.40. The molecule has 0 spiro atoms. The van der Waals surface area contributed by atoms with Crippen LogP contribution in [0.25, 0.3) is 0 Å². The highest BCUT2D eigenvalue weighted by molar-refractivity contribution is 6.30. The second-order valence-electron chi connectivity index (χ2n) is 19.1. The summed E-state index contributed by atoms with van der Waals surface area (Å²) in [7, 11) is 0. The van der Waals surface area contributed by atoms with E-state index in [9.17, 15) is 49.1 Å². The van der Waals surface area contributed by atoms with E-state index in [1.807, 2.05) is 30.6 Å². The summed E-state index contributed by atoms with van der Waals surface area (Å²) in [4.78, 5) is 44.4. The lowest BCUT2D eigenvalue weighted by atomic mass is 10.2. The maximum absolute atomic E-state index is 12.7. The van der Waals surface area contributed by atoms with Gasteiger partial charge < -0.3 is 44.6 Å². The molecule has 424 valence electrons. The van der Waals surface area contributed by atoms with Crippen LogP contribution in [0.4, 0.5) is 60.7 Å². The molecule has 0 aromatic carbocycles. The Kier molecular flexibility index (Phi) is 25.3. The first-order chi connectivity index (χ1) is 33.7. The van der Waals surface area contributed by atoms with Crippen molar-refractivity contribution in [2.45, 2.75) is 113 Å². The monoisotopic (exact) mass is 1080 g/mol. The number of carbonyl (C=O) groups is 2. The summed E-state index contributed by atoms with van der Waals surface area (Å²) in [6, 6.07) is 3.22. The SMILES string of the molecule is CC(C)(C)OC(=O)N1CCNCC1.CCN(CC)CC.Cc1cc(C(F)(F)F)cnc1Cl.Cc1cc(C(F)(F)F)cnc1N1CCN(C(=O)OC(C)(C)C)CC1.Cc1cc(C(F)(F)F)cnc1N1CCNCC1.[HH].[HH].[HH].[HH].[HH]. The van der Waals surface area contributed by atoms with E-state index in [1.54, 1.807) is 44.4 Å². The van der Waals surface area contributed by atoms with Gasteiger partial charge in [-0.2, -0.15) is 39.5 Å². The molecule has 2 N–H and O–H groups in total. The molecule has 3 aromatic rings. The van der Waals surface area contributed by atoms with Crippen LogP contribution in [-0.2, 0) is 28.0 Å². The van der Waals surface area contributed by atoms with E-state index in [4.69, 9.17) is 21.1 Å². The summed E-state index contributed by atoms with van der Waals surface area (Å²) in [6.07, 6.45) is -11.2. The molecule has 3 aromatic heterocycles. The molecule has 24 heteroatoms. The number of nitrogens with one attached hydrogen (secondary N) is 2. The molecule has 0 bridgehead atoms. The lowest BCUT2D eigenvalue weighted by Gasteiger charge is -2.36. The minimum absolute atomic E-state index is 0. The molecule has 0 atom stereocenters. The standard InChI is InChI=1S/C16H22F3N3O2.C11H14F3N3.C9H18N2O2.C7H5ClF3N.C6H15N.5H2/c1-11-9-12(16(17,18)19)10-20-13(11)21-5-7-22(8-6-21)14(23)24-15(2,3)4;1-8-6-9(11(12,13)14)7-16-10(8)17-4-2-15-3-5-17;1-9(2,3)13-8(12)11-6-4-10-5-7-11;1-4-2-5(7(9,10)11)3-12-6(4)8;1-4-7(5-2)6-3;;;;;/h9-10H,5-8H2,1-4H3;6-7,15H,2-5H2,1H3;10H,4-7H2,1-3H3;2-3H,1H3;4-6H2,1-3H3;5*1H. The van der Waals surface area contributed by atoms with Crippen molar-refractivity contribution in [3.63, 3.8) is 0 Å². The predicted molar refractivity (Wildman–Crippen MR) is 277 cm³/mol. The van der Waals surface area contributed by atoms with Crippen LogP contribution in [0.3, 0.4) is 0 Å². The number of rotatable bonds is 5. The summed E-state index contributed by atoms with van der Waals surface area (Å²) >= 11 is 5.45. The number of nitrogens with zero attached hydrogens (tertiary/aromatic N) is 8. The first-order valence-electron chi connectivity index (χ1n) is 24.1. The van der Waals surface area contributed by atoms with E-state index in [1.165, 1.54) is 26.6 Å². The van der Waals surface area contributed by atoms with Crippen LogP contribution in [-0.4, -0.2) is 151 Å². The highest BCUT2D eigenvalue weighted by atomic mass is 35.5. The molecule has 6 rings (SSSR count). The number of aryl methyl sites for hydroxylation is 3. The Morgan fingerprint density at radius 2 is 0.863 bits per heavy atom. The van der Waals surface area contributed by atoms with Gasteiger partial charge in [0, 0.05) is 104 Å². The minimum Gasteiger partial charge on any atom is -0.444 e. The number of amides is 2.